The normalized spacial score (nSPS) is 22.5. The van der Waals surface area contributed by atoms with Crippen LogP contribution in [0.3, 0.4) is 0 Å². The molecule has 1 aliphatic heterocycles. The molecule has 1 saturated heterocycles. The van der Waals surface area contributed by atoms with E-state index >= 15 is 0 Å². The predicted octanol–water partition coefficient (Wildman–Crippen LogP) is 3.79. The largest absolute Gasteiger partial charge is 0.476 e. The van der Waals surface area contributed by atoms with Gasteiger partial charge in [0, 0.05) is 18.1 Å². The summed E-state index contributed by atoms with van der Waals surface area (Å²) in [5.41, 5.74) is -1.02. The topological polar surface area (TPSA) is 38.8 Å². The van der Waals surface area contributed by atoms with E-state index in [0.29, 0.717) is 28.9 Å². The van der Waals surface area contributed by atoms with Gasteiger partial charge >= 0.3 is 0 Å². The van der Waals surface area contributed by atoms with E-state index in [1.54, 1.807) is 36.9 Å². The van der Waals surface area contributed by atoms with Gasteiger partial charge in [-0.05, 0) is 45.9 Å². The van der Waals surface area contributed by atoms with E-state index in [1.165, 1.54) is 0 Å². The molecule has 22 heavy (non-hydrogen) atoms. The number of hydrogen-bond donors (Lipinski definition) is 0. The van der Waals surface area contributed by atoms with Crippen molar-refractivity contribution in [3.05, 3.63) is 28.2 Å². The summed E-state index contributed by atoms with van der Waals surface area (Å²) in [5.74, 6) is 0.360. The minimum Gasteiger partial charge on any atom is -0.476 e. The first-order valence-corrected chi connectivity index (χ1v) is 8.03. The van der Waals surface area contributed by atoms with Crippen LogP contribution in [-0.4, -0.2) is 41.7 Å². The molecule has 0 aromatic heterocycles. The molecule has 2 atom stereocenters. The van der Waals surface area contributed by atoms with Gasteiger partial charge in [-0.3, -0.25) is 4.79 Å². The number of amides is 1. The van der Waals surface area contributed by atoms with Crippen molar-refractivity contribution in [1.82, 2.24) is 4.90 Å². The van der Waals surface area contributed by atoms with Crippen molar-refractivity contribution < 1.29 is 14.3 Å². The monoisotopic (exact) mass is 345 g/mol. The molecule has 1 amide bonds. The second-order valence-electron chi connectivity index (χ2n) is 6.15. The van der Waals surface area contributed by atoms with Crippen LogP contribution in [0.15, 0.2) is 18.2 Å². The summed E-state index contributed by atoms with van der Waals surface area (Å²) >= 11 is 12.0. The van der Waals surface area contributed by atoms with Gasteiger partial charge in [-0.15, -0.1) is 0 Å². The molecule has 0 spiro atoms. The Morgan fingerprint density at radius 2 is 1.86 bits per heavy atom. The Labute approximate surface area is 141 Å². The van der Waals surface area contributed by atoms with Crippen LogP contribution in [0.2, 0.25) is 10.0 Å². The second-order valence-corrected chi connectivity index (χ2v) is 7.00. The summed E-state index contributed by atoms with van der Waals surface area (Å²) in [5, 5.41) is 0.911. The van der Waals surface area contributed by atoms with E-state index < -0.39 is 5.60 Å². The average molecular weight is 346 g/mol. The van der Waals surface area contributed by atoms with E-state index in [0.717, 1.165) is 0 Å². The Morgan fingerprint density at radius 3 is 2.41 bits per heavy atom. The predicted molar refractivity (Wildman–Crippen MR) is 87.8 cm³/mol. The number of benzene rings is 1. The highest BCUT2D eigenvalue weighted by atomic mass is 35.5. The fourth-order valence-electron chi connectivity index (χ4n) is 2.60. The minimum absolute atomic E-state index is 0.0163. The van der Waals surface area contributed by atoms with E-state index in [4.69, 9.17) is 32.7 Å². The lowest BCUT2D eigenvalue weighted by Crippen LogP contribution is -2.55. The molecule has 1 aromatic carbocycles. The fourth-order valence-corrected chi connectivity index (χ4v) is 3.05. The van der Waals surface area contributed by atoms with Crippen LogP contribution in [0.5, 0.6) is 5.75 Å². The molecule has 1 heterocycles. The number of hydrogen-bond acceptors (Lipinski definition) is 3. The van der Waals surface area contributed by atoms with Gasteiger partial charge in [-0.2, -0.15) is 0 Å². The Balaban J connectivity index is 2.13. The van der Waals surface area contributed by atoms with Gasteiger partial charge in [0.2, 0.25) is 0 Å². The van der Waals surface area contributed by atoms with Gasteiger partial charge in [0.05, 0.1) is 17.2 Å². The Morgan fingerprint density at radius 1 is 1.27 bits per heavy atom. The third kappa shape index (κ3) is 4.06. The molecule has 0 unspecified atom stereocenters. The maximum absolute atomic E-state index is 12.8. The first kappa shape index (κ1) is 17.4. The molecule has 0 bridgehead atoms. The van der Waals surface area contributed by atoms with Crippen molar-refractivity contribution in [3.8, 4) is 5.75 Å². The number of carbonyl (C=O) groups is 1. The third-order valence-electron chi connectivity index (χ3n) is 3.48. The summed E-state index contributed by atoms with van der Waals surface area (Å²) in [6.45, 7) is 8.52. The van der Waals surface area contributed by atoms with E-state index in [9.17, 15) is 4.79 Å². The van der Waals surface area contributed by atoms with E-state index in [1.807, 2.05) is 13.8 Å². The van der Waals surface area contributed by atoms with Crippen LogP contribution in [0.25, 0.3) is 0 Å². The highest BCUT2D eigenvalue weighted by Gasteiger charge is 2.37. The lowest BCUT2D eigenvalue weighted by Gasteiger charge is -2.39. The standard InChI is InChI=1S/C16H21Cl2NO3/c1-10-8-19(9-11(2)21-10)15(20)16(3,4)22-14-6-5-12(17)7-13(14)18/h5-7,10-11H,8-9H2,1-4H3/t10-,11-/m0/s1. The number of halogens is 2. The Hall–Kier alpha value is -0.970. The van der Waals surface area contributed by atoms with Gasteiger partial charge in [-0.1, -0.05) is 23.2 Å². The van der Waals surface area contributed by atoms with Crippen LogP contribution < -0.4 is 4.74 Å². The van der Waals surface area contributed by atoms with Crippen LogP contribution in [0.4, 0.5) is 0 Å². The van der Waals surface area contributed by atoms with Crippen LogP contribution >= 0.6 is 23.2 Å². The fraction of sp³-hybridized carbons (Fsp3) is 0.562. The first-order chi connectivity index (χ1) is 10.2. The van der Waals surface area contributed by atoms with Crippen LogP contribution in [-0.2, 0) is 9.53 Å². The van der Waals surface area contributed by atoms with Crippen molar-refractivity contribution in [2.75, 3.05) is 13.1 Å². The molecule has 0 saturated carbocycles. The molecule has 0 N–H and O–H groups in total. The zero-order valence-corrected chi connectivity index (χ0v) is 14.7. The summed E-state index contributed by atoms with van der Waals surface area (Å²) in [7, 11) is 0. The van der Waals surface area contributed by atoms with Crippen LogP contribution in [0.1, 0.15) is 27.7 Å². The first-order valence-electron chi connectivity index (χ1n) is 7.28. The maximum atomic E-state index is 12.8. The zero-order chi connectivity index (χ0) is 16.5. The molecular weight excluding hydrogens is 325 g/mol. The van der Waals surface area contributed by atoms with E-state index in [2.05, 4.69) is 0 Å². The molecule has 6 heteroatoms. The third-order valence-corrected chi connectivity index (χ3v) is 4.01. The highest BCUT2D eigenvalue weighted by Crippen LogP contribution is 2.31. The molecule has 0 radical (unpaired) electrons. The number of nitrogens with zero attached hydrogens (tertiary/aromatic N) is 1. The molecule has 4 nitrogen and oxygen atoms in total. The molecular formula is C16H21Cl2NO3. The molecule has 0 aliphatic carbocycles. The van der Waals surface area contributed by atoms with Crippen molar-refractivity contribution in [1.29, 1.82) is 0 Å². The lowest BCUT2D eigenvalue weighted by atomic mass is 10.1. The summed E-state index contributed by atoms with van der Waals surface area (Å²) in [6, 6.07) is 4.95. The number of rotatable bonds is 3. The number of morpholine rings is 1. The SMILES string of the molecule is C[C@H]1CN(C(=O)C(C)(C)Oc2ccc(Cl)cc2Cl)C[C@H](C)O1. The number of ether oxygens (including phenoxy) is 2. The van der Waals surface area contributed by atoms with Gasteiger partial charge in [0.25, 0.3) is 5.91 Å². The second kappa shape index (κ2) is 6.65. The lowest BCUT2D eigenvalue weighted by molar-refractivity contribution is -0.156. The quantitative estimate of drug-likeness (QED) is 0.836. The van der Waals surface area contributed by atoms with E-state index in [-0.39, 0.29) is 18.1 Å². The summed E-state index contributed by atoms with van der Waals surface area (Å²) in [6.07, 6.45) is 0.0326. The summed E-state index contributed by atoms with van der Waals surface area (Å²) in [4.78, 5) is 14.6. The molecule has 1 fully saturated rings. The van der Waals surface area contributed by atoms with Crippen molar-refractivity contribution in [3.63, 3.8) is 0 Å². The van der Waals surface area contributed by atoms with Crippen molar-refractivity contribution in [2.45, 2.75) is 45.5 Å². The van der Waals surface area contributed by atoms with Crippen LogP contribution in [0, 0.1) is 0 Å². The van der Waals surface area contributed by atoms with Gasteiger partial charge < -0.3 is 14.4 Å². The summed E-state index contributed by atoms with van der Waals surface area (Å²) < 4.78 is 11.5. The zero-order valence-electron chi connectivity index (χ0n) is 13.2. The highest BCUT2D eigenvalue weighted by molar-refractivity contribution is 6.35. The van der Waals surface area contributed by atoms with Gasteiger partial charge in [0.15, 0.2) is 5.60 Å². The molecule has 122 valence electrons. The molecule has 1 aromatic rings. The smallest absolute Gasteiger partial charge is 0.266 e. The van der Waals surface area contributed by atoms with Crippen molar-refractivity contribution >= 4 is 29.1 Å². The van der Waals surface area contributed by atoms with Gasteiger partial charge in [-0.25, -0.2) is 0 Å². The average Bonchev–Trinajstić information content (AvgIpc) is 2.40. The molecule has 2 rings (SSSR count). The Kier molecular flexibility index (Phi) is 5.25. The van der Waals surface area contributed by atoms with Crippen molar-refractivity contribution in [2.24, 2.45) is 0 Å². The minimum atomic E-state index is -1.02. The maximum Gasteiger partial charge on any atom is 0.266 e. The molecule has 1 aliphatic rings. The number of carbonyl (C=O) groups excluding carboxylic acids is 1. The Bertz CT molecular complexity index is 552. The van der Waals surface area contributed by atoms with Gasteiger partial charge in [0.1, 0.15) is 5.75 Å².